The number of benzene rings is 2. The third kappa shape index (κ3) is 6.45. The molecule has 0 heterocycles. The number of rotatable bonds is 8. The van der Waals surface area contributed by atoms with Crippen LogP contribution in [0.5, 0.6) is 5.75 Å². The largest absolute Gasteiger partial charge is 0.493 e. The Morgan fingerprint density at radius 2 is 1.93 bits per heavy atom. The zero-order valence-corrected chi connectivity index (χ0v) is 18.7. The SMILES string of the molecule is CCCOc1ccc(Br)cc1C=NNC(=O)C(C)C(=O)Nc1ccccc1Br. The second-order valence-corrected chi connectivity index (χ2v) is 7.73. The van der Waals surface area contributed by atoms with Crippen molar-refractivity contribution in [1.29, 1.82) is 0 Å². The van der Waals surface area contributed by atoms with E-state index in [4.69, 9.17) is 4.74 Å². The van der Waals surface area contributed by atoms with Gasteiger partial charge in [-0.25, -0.2) is 5.43 Å². The van der Waals surface area contributed by atoms with Crippen molar-refractivity contribution >= 4 is 55.6 Å². The molecule has 148 valence electrons. The van der Waals surface area contributed by atoms with Gasteiger partial charge >= 0.3 is 0 Å². The molecule has 1 unspecified atom stereocenters. The highest BCUT2D eigenvalue weighted by atomic mass is 79.9. The minimum absolute atomic E-state index is 0.422. The number of hydrogen-bond acceptors (Lipinski definition) is 4. The van der Waals surface area contributed by atoms with E-state index in [0.29, 0.717) is 23.6 Å². The molecule has 0 aliphatic heterocycles. The van der Waals surface area contributed by atoms with Crippen LogP contribution in [-0.2, 0) is 9.59 Å². The number of carbonyl (C=O) groups is 2. The fourth-order valence-electron chi connectivity index (χ4n) is 2.15. The van der Waals surface area contributed by atoms with Crippen LogP contribution in [0, 0.1) is 5.92 Å². The van der Waals surface area contributed by atoms with Gasteiger partial charge in [-0.2, -0.15) is 5.10 Å². The summed E-state index contributed by atoms with van der Waals surface area (Å²) in [7, 11) is 0. The van der Waals surface area contributed by atoms with Crippen molar-refractivity contribution in [2.45, 2.75) is 20.3 Å². The molecular formula is C20H21Br2N3O3. The Kier molecular flexibility index (Phi) is 8.66. The lowest BCUT2D eigenvalue weighted by Crippen LogP contribution is -2.34. The number of halogens is 2. The molecule has 2 N–H and O–H groups in total. The first kappa shape index (κ1) is 22.1. The smallest absolute Gasteiger partial charge is 0.252 e. The van der Waals surface area contributed by atoms with Crippen LogP contribution in [0.4, 0.5) is 5.69 Å². The predicted molar refractivity (Wildman–Crippen MR) is 118 cm³/mol. The molecule has 6 nitrogen and oxygen atoms in total. The van der Waals surface area contributed by atoms with Gasteiger partial charge in [-0.1, -0.05) is 35.0 Å². The van der Waals surface area contributed by atoms with Gasteiger partial charge in [0.1, 0.15) is 11.7 Å². The van der Waals surface area contributed by atoms with Gasteiger partial charge in [0.2, 0.25) is 5.91 Å². The molecule has 0 bridgehead atoms. The molecular weight excluding hydrogens is 490 g/mol. The molecule has 0 radical (unpaired) electrons. The summed E-state index contributed by atoms with van der Waals surface area (Å²) in [5.74, 6) is -1.17. The van der Waals surface area contributed by atoms with E-state index in [1.807, 2.05) is 31.2 Å². The molecule has 2 rings (SSSR count). The Hall–Kier alpha value is -2.19. The molecule has 0 aromatic heterocycles. The molecule has 0 saturated heterocycles. The molecule has 2 amide bonds. The number of anilines is 1. The zero-order valence-electron chi connectivity index (χ0n) is 15.5. The van der Waals surface area contributed by atoms with E-state index in [9.17, 15) is 9.59 Å². The van der Waals surface area contributed by atoms with Gasteiger partial charge in [0.15, 0.2) is 0 Å². The maximum atomic E-state index is 12.3. The minimum Gasteiger partial charge on any atom is -0.493 e. The molecule has 8 heteroatoms. The lowest BCUT2D eigenvalue weighted by Gasteiger charge is -2.12. The summed E-state index contributed by atoms with van der Waals surface area (Å²) in [5.41, 5.74) is 3.72. The van der Waals surface area contributed by atoms with Crippen molar-refractivity contribution in [2.24, 2.45) is 11.0 Å². The number of carbonyl (C=O) groups excluding carboxylic acids is 2. The van der Waals surface area contributed by atoms with Gasteiger partial charge in [0.05, 0.1) is 18.5 Å². The Labute approximate surface area is 181 Å². The van der Waals surface area contributed by atoms with Crippen LogP contribution in [0.2, 0.25) is 0 Å². The highest BCUT2D eigenvalue weighted by Crippen LogP contribution is 2.23. The van der Waals surface area contributed by atoms with E-state index in [-0.39, 0.29) is 0 Å². The Balaban J connectivity index is 1.98. The summed E-state index contributed by atoms with van der Waals surface area (Å²) in [4.78, 5) is 24.5. The second-order valence-electron chi connectivity index (χ2n) is 5.96. The van der Waals surface area contributed by atoms with Crippen molar-refractivity contribution < 1.29 is 14.3 Å². The number of nitrogens with zero attached hydrogens (tertiary/aromatic N) is 1. The molecule has 0 aliphatic carbocycles. The van der Waals surface area contributed by atoms with Crippen molar-refractivity contribution in [1.82, 2.24) is 5.43 Å². The van der Waals surface area contributed by atoms with Crippen LogP contribution in [0.1, 0.15) is 25.8 Å². The fourth-order valence-corrected chi connectivity index (χ4v) is 2.91. The quantitative estimate of drug-likeness (QED) is 0.306. The van der Waals surface area contributed by atoms with Gasteiger partial charge in [-0.05, 0) is 59.6 Å². The first-order valence-electron chi connectivity index (χ1n) is 8.73. The third-order valence-electron chi connectivity index (χ3n) is 3.73. The normalized spacial score (nSPS) is 11.9. The average molecular weight is 511 g/mol. The fraction of sp³-hybridized carbons (Fsp3) is 0.250. The molecule has 2 aromatic carbocycles. The first-order chi connectivity index (χ1) is 13.4. The van der Waals surface area contributed by atoms with Gasteiger partial charge in [-0.15, -0.1) is 0 Å². The van der Waals surface area contributed by atoms with Gasteiger partial charge in [-0.3, -0.25) is 9.59 Å². The van der Waals surface area contributed by atoms with Crippen molar-refractivity contribution in [2.75, 3.05) is 11.9 Å². The molecule has 0 spiro atoms. The molecule has 0 aliphatic rings. The molecule has 0 fully saturated rings. The van der Waals surface area contributed by atoms with E-state index in [0.717, 1.165) is 15.4 Å². The number of nitrogens with one attached hydrogen (secondary N) is 2. The van der Waals surface area contributed by atoms with Crippen molar-refractivity contribution in [3.05, 3.63) is 57.0 Å². The van der Waals surface area contributed by atoms with Crippen LogP contribution in [0.15, 0.2) is 56.5 Å². The van der Waals surface area contributed by atoms with Crippen LogP contribution in [0.3, 0.4) is 0 Å². The highest BCUT2D eigenvalue weighted by molar-refractivity contribution is 9.10. The van der Waals surface area contributed by atoms with Crippen LogP contribution in [-0.4, -0.2) is 24.6 Å². The molecule has 2 aromatic rings. The highest BCUT2D eigenvalue weighted by Gasteiger charge is 2.21. The van der Waals surface area contributed by atoms with Gasteiger partial charge < -0.3 is 10.1 Å². The van der Waals surface area contributed by atoms with Crippen LogP contribution >= 0.6 is 31.9 Å². The summed E-state index contributed by atoms with van der Waals surface area (Å²) in [5, 5.41) is 6.68. The Morgan fingerprint density at radius 1 is 1.18 bits per heavy atom. The van der Waals surface area contributed by atoms with Crippen molar-refractivity contribution in [3.63, 3.8) is 0 Å². The molecule has 1 atom stereocenters. The van der Waals surface area contributed by atoms with Crippen molar-refractivity contribution in [3.8, 4) is 5.75 Å². The molecule has 0 saturated carbocycles. The monoisotopic (exact) mass is 509 g/mol. The summed E-state index contributed by atoms with van der Waals surface area (Å²) >= 11 is 6.76. The maximum absolute atomic E-state index is 12.3. The number of amides is 2. The van der Waals surface area contributed by atoms with E-state index >= 15 is 0 Å². The van der Waals surface area contributed by atoms with E-state index in [1.165, 1.54) is 13.1 Å². The first-order valence-corrected chi connectivity index (χ1v) is 10.3. The van der Waals surface area contributed by atoms with Crippen LogP contribution in [0.25, 0.3) is 0 Å². The van der Waals surface area contributed by atoms with Crippen LogP contribution < -0.4 is 15.5 Å². The number of para-hydroxylation sites is 1. The Morgan fingerprint density at radius 3 is 2.64 bits per heavy atom. The number of hydrogen-bond donors (Lipinski definition) is 2. The average Bonchev–Trinajstić information content (AvgIpc) is 2.68. The summed E-state index contributed by atoms with van der Waals surface area (Å²) < 4.78 is 7.27. The van der Waals surface area contributed by atoms with E-state index in [1.54, 1.807) is 18.2 Å². The van der Waals surface area contributed by atoms with Gasteiger partial charge in [0, 0.05) is 14.5 Å². The van der Waals surface area contributed by atoms with E-state index < -0.39 is 17.7 Å². The van der Waals surface area contributed by atoms with Gasteiger partial charge in [0.25, 0.3) is 5.91 Å². The lowest BCUT2D eigenvalue weighted by molar-refractivity contribution is -0.131. The molecule has 28 heavy (non-hydrogen) atoms. The topological polar surface area (TPSA) is 79.8 Å². The predicted octanol–water partition coefficient (Wildman–Crippen LogP) is 4.73. The summed E-state index contributed by atoms with van der Waals surface area (Å²) in [6, 6.07) is 12.7. The van der Waals surface area contributed by atoms with E-state index in [2.05, 4.69) is 47.7 Å². The number of hydrazone groups is 1. The lowest BCUT2D eigenvalue weighted by atomic mass is 10.1. The number of ether oxygens (including phenoxy) is 1. The summed E-state index contributed by atoms with van der Waals surface area (Å²) in [6.45, 7) is 4.13. The minimum atomic E-state index is -0.914. The standard InChI is InChI=1S/C20H21Br2N3O3/c1-3-10-28-18-9-8-15(21)11-14(18)12-23-25-20(27)13(2)19(26)24-17-7-5-4-6-16(17)22/h4-9,11-13H,3,10H2,1-2H3,(H,24,26)(H,25,27). The Bertz CT molecular complexity index is 872. The summed E-state index contributed by atoms with van der Waals surface area (Å²) in [6.07, 6.45) is 2.37. The maximum Gasteiger partial charge on any atom is 0.252 e. The zero-order chi connectivity index (χ0) is 20.5. The third-order valence-corrected chi connectivity index (χ3v) is 4.91. The second kappa shape index (κ2) is 11.0.